The number of fused-ring (bicyclic) bond motifs is 1. The van der Waals surface area contributed by atoms with Gasteiger partial charge in [-0.05, 0) is 25.0 Å². The Hall–Kier alpha value is -1.35. The predicted octanol–water partition coefficient (Wildman–Crippen LogP) is 3.11. The number of hydrogen-bond donors (Lipinski definition) is 2. The largest absolute Gasteiger partial charge is 0.289 e. The molecular weight excluding hydrogens is 368 g/mol. The molecule has 0 aliphatic carbocycles. The lowest BCUT2D eigenvalue weighted by Gasteiger charge is -2.17. The Bertz CT molecular complexity index is 865. The highest BCUT2D eigenvalue weighted by molar-refractivity contribution is 7.80. The third kappa shape index (κ3) is 2.91. The van der Waals surface area contributed by atoms with Gasteiger partial charge in [0.05, 0.1) is 16.3 Å². The third-order valence-corrected chi connectivity index (χ3v) is 4.78. The van der Waals surface area contributed by atoms with Gasteiger partial charge in [-0.3, -0.25) is 18.8 Å². The summed E-state index contributed by atoms with van der Waals surface area (Å²) in [6, 6.07) is 2.18. The smallest absolute Gasteiger partial charge is 0.276 e. The van der Waals surface area contributed by atoms with Crippen molar-refractivity contribution in [2.45, 2.75) is 25.9 Å². The number of nitrogens with zero attached hydrogens (tertiary/aromatic N) is 2. The molecule has 10 heteroatoms. The van der Waals surface area contributed by atoms with E-state index in [-0.39, 0.29) is 27.0 Å². The molecule has 0 saturated carbocycles. The molecule has 1 unspecified atom stereocenters. The fourth-order valence-corrected chi connectivity index (χ4v) is 3.63. The van der Waals surface area contributed by atoms with Crippen molar-refractivity contribution in [1.29, 1.82) is 0 Å². The van der Waals surface area contributed by atoms with Crippen molar-refractivity contribution < 1.29 is 13.2 Å². The normalized spacial score (nSPS) is 15.3. The standard InChI is InChI=1S/C13H12Cl2FN3O3S/c14-8-6-9(16)7(5-10(8)17-23(21)22)11-12(15)18-3-1-2-4-19(18)13(11)20/h5-6,17H,1-4H2,(H,21,22). The van der Waals surface area contributed by atoms with E-state index in [1.165, 1.54) is 10.7 Å². The molecule has 0 saturated heterocycles. The van der Waals surface area contributed by atoms with Crippen LogP contribution in [0, 0.1) is 5.82 Å². The minimum Gasteiger partial charge on any atom is -0.289 e. The van der Waals surface area contributed by atoms with Crippen LogP contribution in [0.15, 0.2) is 16.9 Å². The Labute approximate surface area is 143 Å². The maximum Gasteiger partial charge on any atom is 0.276 e. The summed E-state index contributed by atoms with van der Waals surface area (Å²) < 4.78 is 39.4. The molecule has 1 aliphatic heterocycles. The van der Waals surface area contributed by atoms with E-state index in [0.29, 0.717) is 13.1 Å². The number of aromatic nitrogens is 2. The Kier molecular flexibility index (Phi) is 4.50. The molecule has 2 aromatic rings. The van der Waals surface area contributed by atoms with Gasteiger partial charge in [-0.2, -0.15) is 0 Å². The first-order valence-corrected chi connectivity index (χ1v) is 8.62. The number of nitrogens with one attached hydrogen (secondary N) is 1. The molecule has 3 rings (SSSR count). The fourth-order valence-electron chi connectivity index (χ4n) is 2.67. The Balaban J connectivity index is 2.21. The fraction of sp³-hybridized carbons (Fsp3) is 0.308. The number of benzene rings is 1. The highest BCUT2D eigenvalue weighted by Crippen LogP contribution is 2.34. The highest BCUT2D eigenvalue weighted by atomic mass is 35.5. The van der Waals surface area contributed by atoms with Crippen LogP contribution in [0.4, 0.5) is 10.1 Å². The monoisotopic (exact) mass is 379 g/mol. The molecule has 1 aliphatic rings. The summed E-state index contributed by atoms with van der Waals surface area (Å²) in [4.78, 5) is 12.5. The van der Waals surface area contributed by atoms with Crippen LogP contribution in [0.5, 0.6) is 0 Å². The van der Waals surface area contributed by atoms with Crippen LogP contribution in [0.1, 0.15) is 12.8 Å². The quantitative estimate of drug-likeness (QED) is 0.804. The molecule has 1 aromatic carbocycles. The lowest BCUT2D eigenvalue weighted by atomic mass is 10.1. The molecule has 0 amide bonds. The van der Waals surface area contributed by atoms with Gasteiger partial charge in [0.15, 0.2) is 0 Å². The van der Waals surface area contributed by atoms with Crippen molar-refractivity contribution in [1.82, 2.24) is 9.36 Å². The average molecular weight is 380 g/mol. The third-order valence-electron chi connectivity index (χ3n) is 3.69. The summed E-state index contributed by atoms with van der Waals surface area (Å²) in [5.74, 6) is -0.730. The van der Waals surface area contributed by atoms with Gasteiger partial charge in [0.1, 0.15) is 11.0 Å². The molecule has 0 spiro atoms. The van der Waals surface area contributed by atoms with E-state index in [0.717, 1.165) is 18.9 Å². The SMILES string of the molecule is O=c1c(-c2cc(NS(=O)O)c(Cl)cc2F)c(Cl)n2n1CCCC2. The van der Waals surface area contributed by atoms with Gasteiger partial charge in [0, 0.05) is 18.7 Å². The zero-order valence-corrected chi connectivity index (χ0v) is 14.0. The summed E-state index contributed by atoms with van der Waals surface area (Å²) >= 11 is 9.73. The summed E-state index contributed by atoms with van der Waals surface area (Å²) in [7, 11) is 0. The van der Waals surface area contributed by atoms with E-state index < -0.39 is 22.6 Å². The molecule has 0 fully saturated rings. The number of rotatable bonds is 3. The van der Waals surface area contributed by atoms with Crippen molar-refractivity contribution >= 4 is 40.2 Å². The second-order valence-electron chi connectivity index (χ2n) is 5.09. The lowest BCUT2D eigenvalue weighted by molar-refractivity contribution is 0.356. The minimum absolute atomic E-state index is 0.0227. The van der Waals surface area contributed by atoms with Crippen LogP contribution in [0.2, 0.25) is 10.2 Å². The summed E-state index contributed by atoms with van der Waals surface area (Å²) in [5.41, 5.74) is -0.401. The van der Waals surface area contributed by atoms with Crippen LogP contribution in [0.3, 0.4) is 0 Å². The van der Waals surface area contributed by atoms with Crippen molar-refractivity contribution in [3.63, 3.8) is 0 Å². The zero-order valence-electron chi connectivity index (χ0n) is 11.7. The maximum absolute atomic E-state index is 14.3. The van der Waals surface area contributed by atoms with Gasteiger partial charge in [-0.25, -0.2) is 13.3 Å². The first-order chi connectivity index (χ1) is 10.9. The van der Waals surface area contributed by atoms with Gasteiger partial charge in [-0.15, -0.1) is 0 Å². The summed E-state index contributed by atoms with van der Waals surface area (Å²) in [5, 5.41) is 0.0702. The Morgan fingerprint density at radius 1 is 1.22 bits per heavy atom. The van der Waals surface area contributed by atoms with Crippen molar-refractivity contribution in [3.8, 4) is 11.1 Å². The number of anilines is 1. The first-order valence-electron chi connectivity index (χ1n) is 6.76. The molecule has 2 N–H and O–H groups in total. The number of halogens is 3. The van der Waals surface area contributed by atoms with E-state index >= 15 is 0 Å². The highest BCUT2D eigenvalue weighted by Gasteiger charge is 2.25. The molecule has 2 heterocycles. The lowest BCUT2D eigenvalue weighted by Crippen LogP contribution is -2.27. The second kappa shape index (κ2) is 6.27. The van der Waals surface area contributed by atoms with E-state index in [1.807, 2.05) is 0 Å². The van der Waals surface area contributed by atoms with E-state index in [1.54, 1.807) is 4.68 Å². The first kappa shape index (κ1) is 16.5. The van der Waals surface area contributed by atoms with E-state index in [4.69, 9.17) is 27.8 Å². The molecule has 124 valence electrons. The molecule has 6 nitrogen and oxygen atoms in total. The van der Waals surface area contributed by atoms with Gasteiger partial charge < -0.3 is 0 Å². The predicted molar refractivity (Wildman–Crippen MR) is 87.7 cm³/mol. The minimum atomic E-state index is -2.38. The van der Waals surface area contributed by atoms with Crippen LogP contribution < -0.4 is 10.3 Å². The van der Waals surface area contributed by atoms with Crippen LogP contribution in [-0.4, -0.2) is 18.1 Å². The van der Waals surface area contributed by atoms with Crippen molar-refractivity contribution in [2.75, 3.05) is 4.72 Å². The molecule has 23 heavy (non-hydrogen) atoms. The van der Waals surface area contributed by atoms with Crippen LogP contribution in [0.25, 0.3) is 11.1 Å². The summed E-state index contributed by atoms with van der Waals surface area (Å²) in [6.45, 7) is 1.09. The van der Waals surface area contributed by atoms with E-state index in [9.17, 15) is 13.4 Å². The van der Waals surface area contributed by atoms with Gasteiger partial charge >= 0.3 is 0 Å². The van der Waals surface area contributed by atoms with E-state index in [2.05, 4.69) is 4.72 Å². The topological polar surface area (TPSA) is 76.3 Å². The van der Waals surface area contributed by atoms with Gasteiger partial charge in [0.2, 0.25) is 0 Å². The molecule has 0 bridgehead atoms. The molecule has 1 aromatic heterocycles. The Morgan fingerprint density at radius 2 is 1.87 bits per heavy atom. The average Bonchev–Trinajstić information content (AvgIpc) is 2.74. The molecular formula is C13H12Cl2FN3O3S. The van der Waals surface area contributed by atoms with Gasteiger partial charge in [0.25, 0.3) is 16.8 Å². The van der Waals surface area contributed by atoms with Crippen LogP contribution in [-0.2, 0) is 24.4 Å². The van der Waals surface area contributed by atoms with Crippen molar-refractivity contribution in [2.24, 2.45) is 0 Å². The molecule has 1 atom stereocenters. The number of hydrogen-bond acceptors (Lipinski definition) is 2. The van der Waals surface area contributed by atoms with Crippen LogP contribution >= 0.6 is 23.2 Å². The zero-order chi connectivity index (χ0) is 16.7. The maximum atomic E-state index is 14.3. The van der Waals surface area contributed by atoms with Crippen molar-refractivity contribution in [3.05, 3.63) is 38.5 Å². The summed E-state index contributed by atoms with van der Waals surface area (Å²) in [6.07, 6.45) is 1.73. The van der Waals surface area contributed by atoms with Gasteiger partial charge in [-0.1, -0.05) is 23.2 Å². The second-order valence-corrected chi connectivity index (χ2v) is 6.56. The molecule has 0 radical (unpaired) electrons. The Morgan fingerprint density at radius 3 is 2.48 bits per heavy atom.